The SMILES string of the molecule is COc1ccc(/C=C\C(C)c2cc(OC)c(OC)c(OC)c2)c(C)c1. The van der Waals surface area contributed by atoms with Gasteiger partial charge in [0.15, 0.2) is 11.5 Å². The fourth-order valence-electron chi connectivity index (χ4n) is 2.69. The highest BCUT2D eigenvalue weighted by molar-refractivity contribution is 5.58. The fraction of sp³-hybridized carbons (Fsp3) is 0.333. The van der Waals surface area contributed by atoms with Gasteiger partial charge < -0.3 is 18.9 Å². The van der Waals surface area contributed by atoms with Crippen molar-refractivity contribution in [3.8, 4) is 23.0 Å². The van der Waals surface area contributed by atoms with Gasteiger partial charge in [-0.05, 0) is 53.8 Å². The minimum Gasteiger partial charge on any atom is -0.497 e. The molecular formula is C21H26O4. The third-order valence-corrected chi connectivity index (χ3v) is 4.25. The molecule has 0 fully saturated rings. The standard InChI is InChI=1S/C21H26O4/c1-14(7-8-16-9-10-18(22-3)11-15(16)2)17-12-19(23-4)21(25-6)20(13-17)24-5/h7-14H,1-6H3/b8-7-. The minimum atomic E-state index is 0.190. The summed E-state index contributed by atoms with van der Waals surface area (Å²) >= 11 is 0. The largest absolute Gasteiger partial charge is 0.497 e. The van der Waals surface area contributed by atoms with Gasteiger partial charge in [-0.25, -0.2) is 0 Å². The second-order valence-corrected chi connectivity index (χ2v) is 5.83. The molecule has 0 aliphatic carbocycles. The molecule has 0 saturated heterocycles. The highest BCUT2D eigenvalue weighted by atomic mass is 16.5. The molecule has 4 heteroatoms. The Bertz CT molecular complexity index is 725. The van der Waals surface area contributed by atoms with Crippen molar-refractivity contribution in [3.63, 3.8) is 0 Å². The number of methoxy groups -OCH3 is 4. The van der Waals surface area contributed by atoms with E-state index >= 15 is 0 Å². The zero-order chi connectivity index (χ0) is 18.4. The van der Waals surface area contributed by atoms with E-state index in [1.165, 1.54) is 11.1 Å². The molecular weight excluding hydrogens is 316 g/mol. The summed E-state index contributed by atoms with van der Waals surface area (Å²) in [7, 11) is 6.54. The first-order valence-corrected chi connectivity index (χ1v) is 8.16. The Hall–Kier alpha value is -2.62. The summed E-state index contributed by atoms with van der Waals surface area (Å²) in [4.78, 5) is 0. The highest BCUT2D eigenvalue weighted by Crippen LogP contribution is 2.40. The molecule has 0 heterocycles. The van der Waals surface area contributed by atoms with Crippen molar-refractivity contribution in [3.05, 3.63) is 53.1 Å². The van der Waals surface area contributed by atoms with Crippen molar-refractivity contribution in [1.29, 1.82) is 0 Å². The summed E-state index contributed by atoms with van der Waals surface area (Å²) in [6.07, 6.45) is 4.29. The number of hydrogen-bond acceptors (Lipinski definition) is 4. The van der Waals surface area contributed by atoms with Crippen LogP contribution >= 0.6 is 0 Å². The third kappa shape index (κ3) is 4.27. The van der Waals surface area contributed by atoms with E-state index in [4.69, 9.17) is 18.9 Å². The minimum absolute atomic E-state index is 0.190. The molecule has 0 aromatic heterocycles. The molecule has 134 valence electrons. The van der Waals surface area contributed by atoms with Crippen LogP contribution in [0.2, 0.25) is 0 Å². The maximum atomic E-state index is 5.43. The second-order valence-electron chi connectivity index (χ2n) is 5.83. The van der Waals surface area contributed by atoms with Crippen LogP contribution in [0.15, 0.2) is 36.4 Å². The monoisotopic (exact) mass is 342 g/mol. The summed E-state index contributed by atoms with van der Waals surface area (Å²) < 4.78 is 21.5. The third-order valence-electron chi connectivity index (χ3n) is 4.25. The van der Waals surface area contributed by atoms with Crippen LogP contribution in [-0.2, 0) is 0 Å². The lowest BCUT2D eigenvalue weighted by molar-refractivity contribution is 0.323. The van der Waals surface area contributed by atoms with Gasteiger partial charge in [0, 0.05) is 0 Å². The van der Waals surface area contributed by atoms with Crippen LogP contribution in [0.25, 0.3) is 6.08 Å². The van der Waals surface area contributed by atoms with Crippen LogP contribution < -0.4 is 18.9 Å². The molecule has 0 amide bonds. The van der Waals surface area contributed by atoms with Crippen molar-refractivity contribution >= 4 is 6.08 Å². The zero-order valence-electron chi connectivity index (χ0n) is 15.8. The van der Waals surface area contributed by atoms with E-state index in [2.05, 4.69) is 32.1 Å². The molecule has 1 unspecified atom stereocenters. The highest BCUT2D eigenvalue weighted by Gasteiger charge is 2.15. The second kappa shape index (κ2) is 8.47. The van der Waals surface area contributed by atoms with Crippen LogP contribution in [0.3, 0.4) is 0 Å². The predicted octanol–water partition coefficient (Wildman–Crippen LogP) is 4.85. The molecule has 1 atom stereocenters. The van der Waals surface area contributed by atoms with E-state index < -0.39 is 0 Å². The number of ether oxygens (including phenoxy) is 4. The average molecular weight is 342 g/mol. The zero-order valence-corrected chi connectivity index (χ0v) is 15.8. The molecule has 0 N–H and O–H groups in total. The van der Waals surface area contributed by atoms with Gasteiger partial charge >= 0.3 is 0 Å². The van der Waals surface area contributed by atoms with Gasteiger partial charge in [0.05, 0.1) is 28.4 Å². The topological polar surface area (TPSA) is 36.9 Å². The van der Waals surface area contributed by atoms with Crippen LogP contribution in [0.5, 0.6) is 23.0 Å². The summed E-state index contributed by atoms with van der Waals surface area (Å²) in [6, 6.07) is 10.0. The summed E-state index contributed by atoms with van der Waals surface area (Å²) in [6.45, 7) is 4.21. The van der Waals surface area contributed by atoms with Gasteiger partial charge in [-0.3, -0.25) is 0 Å². The van der Waals surface area contributed by atoms with E-state index in [0.717, 1.165) is 11.3 Å². The average Bonchev–Trinajstić information content (AvgIpc) is 2.65. The molecule has 0 spiro atoms. The van der Waals surface area contributed by atoms with Crippen LogP contribution in [0.4, 0.5) is 0 Å². The molecule has 2 rings (SSSR count). The quantitative estimate of drug-likeness (QED) is 0.721. The van der Waals surface area contributed by atoms with E-state index in [0.29, 0.717) is 17.2 Å². The number of benzene rings is 2. The van der Waals surface area contributed by atoms with Gasteiger partial charge in [-0.2, -0.15) is 0 Å². The van der Waals surface area contributed by atoms with Crippen LogP contribution in [0.1, 0.15) is 29.5 Å². The Balaban J connectivity index is 2.30. The fourth-order valence-corrected chi connectivity index (χ4v) is 2.69. The molecule has 0 aliphatic heterocycles. The van der Waals surface area contributed by atoms with Gasteiger partial charge in [-0.1, -0.05) is 25.1 Å². The Morgan fingerprint density at radius 1 is 0.840 bits per heavy atom. The maximum Gasteiger partial charge on any atom is 0.203 e. The smallest absolute Gasteiger partial charge is 0.203 e. The van der Waals surface area contributed by atoms with Gasteiger partial charge in [0.2, 0.25) is 5.75 Å². The van der Waals surface area contributed by atoms with Crippen molar-refractivity contribution in [2.45, 2.75) is 19.8 Å². The lowest BCUT2D eigenvalue weighted by atomic mass is 9.98. The molecule has 2 aromatic rings. The number of hydrogen-bond donors (Lipinski definition) is 0. The number of allylic oxidation sites excluding steroid dienone is 1. The first kappa shape index (κ1) is 18.7. The maximum absolute atomic E-state index is 5.43. The number of aryl methyl sites for hydroxylation is 1. The molecule has 25 heavy (non-hydrogen) atoms. The Morgan fingerprint density at radius 3 is 1.96 bits per heavy atom. The first-order valence-electron chi connectivity index (χ1n) is 8.16. The summed E-state index contributed by atoms with van der Waals surface area (Å²) in [5.41, 5.74) is 3.43. The van der Waals surface area contributed by atoms with Crippen molar-refractivity contribution < 1.29 is 18.9 Å². The molecule has 0 radical (unpaired) electrons. The Kier molecular flexibility index (Phi) is 6.34. The lowest BCUT2D eigenvalue weighted by Gasteiger charge is -2.16. The van der Waals surface area contributed by atoms with Crippen LogP contribution in [0, 0.1) is 6.92 Å². The predicted molar refractivity (Wildman–Crippen MR) is 101 cm³/mol. The van der Waals surface area contributed by atoms with Gasteiger partial charge in [0.25, 0.3) is 0 Å². The Morgan fingerprint density at radius 2 is 1.48 bits per heavy atom. The summed E-state index contributed by atoms with van der Waals surface area (Å²) in [5.74, 6) is 2.99. The van der Waals surface area contributed by atoms with E-state index in [-0.39, 0.29) is 5.92 Å². The lowest BCUT2D eigenvalue weighted by Crippen LogP contribution is -1.98. The molecule has 4 nitrogen and oxygen atoms in total. The normalized spacial score (nSPS) is 12.1. The molecule has 0 bridgehead atoms. The van der Waals surface area contributed by atoms with Gasteiger partial charge in [-0.15, -0.1) is 0 Å². The van der Waals surface area contributed by atoms with E-state index in [9.17, 15) is 0 Å². The number of rotatable bonds is 7. The first-order chi connectivity index (χ1) is 12.0. The van der Waals surface area contributed by atoms with E-state index in [1.54, 1.807) is 28.4 Å². The summed E-state index contributed by atoms with van der Waals surface area (Å²) in [5, 5.41) is 0. The van der Waals surface area contributed by atoms with Crippen molar-refractivity contribution in [2.75, 3.05) is 28.4 Å². The molecule has 2 aromatic carbocycles. The van der Waals surface area contributed by atoms with Crippen molar-refractivity contribution in [1.82, 2.24) is 0 Å². The molecule has 0 aliphatic rings. The van der Waals surface area contributed by atoms with Crippen molar-refractivity contribution in [2.24, 2.45) is 0 Å². The molecule has 0 saturated carbocycles. The Labute approximate surface area is 150 Å². The van der Waals surface area contributed by atoms with Crippen LogP contribution in [-0.4, -0.2) is 28.4 Å². The van der Waals surface area contributed by atoms with Gasteiger partial charge in [0.1, 0.15) is 5.75 Å². The van der Waals surface area contributed by atoms with E-state index in [1.807, 2.05) is 24.3 Å².